The third-order valence-electron chi connectivity index (χ3n) is 2.70. The predicted molar refractivity (Wildman–Crippen MR) is 74.8 cm³/mol. The first-order valence-corrected chi connectivity index (χ1v) is 6.01. The molecule has 19 heavy (non-hydrogen) atoms. The number of amides is 1. The number of aromatic nitrogens is 1. The van der Waals surface area contributed by atoms with E-state index in [0.717, 1.165) is 11.3 Å². The quantitative estimate of drug-likeness (QED) is 0.474. The van der Waals surface area contributed by atoms with Crippen molar-refractivity contribution in [3.05, 3.63) is 46.3 Å². The fourth-order valence-corrected chi connectivity index (χ4v) is 1.65. The summed E-state index contributed by atoms with van der Waals surface area (Å²) >= 11 is 0. The number of aliphatic imine (C=N–C) groups is 1. The van der Waals surface area contributed by atoms with Gasteiger partial charge in [-0.15, -0.1) is 4.91 Å². The zero-order valence-electron chi connectivity index (χ0n) is 11.5. The summed E-state index contributed by atoms with van der Waals surface area (Å²) in [5.41, 5.74) is 2.48. The Kier molecular flexibility index (Phi) is 5.23. The maximum Gasteiger partial charge on any atom is 0.314 e. The first kappa shape index (κ1) is 14.9. The maximum atomic E-state index is 11.4. The average Bonchev–Trinajstić information content (AvgIpc) is 2.43. The Balaban J connectivity index is 3.23. The Hall–Kier alpha value is -2.17. The van der Waals surface area contributed by atoms with E-state index in [9.17, 15) is 9.70 Å². The van der Waals surface area contributed by atoms with Crippen LogP contribution in [0.15, 0.2) is 46.0 Å². The highest BCUT2D eigenvalue weighted by Gasteiger charge is 2.14. The lowest BCUT2D eigenvalue weighted by Crippen LogP contribution is -2.06. The van der Waals surface area contributed by atoms with Crippen molar-refractivity contribution < 1.29 is 4.79 Å². The molecular weight excluding hydrogens is 242 g/mol. The van der Waals surface area contributed by atoms with E-state index >= 15 is 0 Å². The molecule has 1 amide bonds. The lowest BCUT2D eigenvalue weighted by atomic mass is 10.0. The molecule has 0 aliphatic carbocycles. The minimum atomic E-state index is -0.772. The van der Waals surface area contributed by atoms with Crippen LogP contribution in [0.5, 0.6) is 0 Å². The molecular formula is C14H17N3O2. The summed E-state index contributed by atoms with van der Waals surface area (Å²) in [7, 11) is 0. The van der Waals surface area contributed by atoms with Gasteiger partial charge in [-0.2, -0.15) is 0 Å². The Bertz CT molecular complexity index is 531. The fraction of sp³-hybridized carbons (Fsp3) is 0.357. The molecule has 1 heterocycles. The van der Waals surface area contributed by atoms with Crippen molar-refractivity contribution in [2.45, 2.75) is 27.7 Å². The molecule has 1 aromatic heterocycles. The number of carbonyl (C=O) groups is 1. The molecule has 0 radical (unpaired) electrons. The minimum Gasteiger partial charge on any atom is -0.264 e. The topological polar surface area (TPSA) is 71.8 Å². The van der Waals surface area contributed by atoms with Gasteiger partial charge in [-0.05, 0) is 25.8 Å². The second-order valence-corrected chi connectivity index (χ2v) is 4.50. The number of hydrogen-bond acceptors (Lipinski definition) is 4. The lowest BCUT2D eigenvalue weighted by molar-refractivity contribution is -0.114. The van der Waals surface area contributed by atoms with Gasteiger partial charge in [0.15, 0.2) is 0 Å². The van der Waals surface area contributed by atoms with Crippen LogP contribution in [0.1, 0.15) is 33.3 Å². The molecule has 0 spiro atoms. The van der Waals surface area contributed by atoms with Crippen molar-refractivity contribution in [2.75, 3.05) is 0 Å². The number of hydrogen-bond donors (Lipinski definition) is 0. The predicted octanol–water partition coefficient (Wildman–Crippen LogP) is 3.11. The van der Waals surface area contributed by atoms with E-state index in [4.69, 9.17) is 0 Å². The van der Waals surface area contributed by atoms with Gasteiger partial charge in [-0.3, -0.25) is 14.8 Å². The molecule has 0 aromatic carbocycles. The summed E-state index contributed by atoms with van der Waals surface area (Å²) in [6, 6.07) is 3.71. The number of nitroso groups, excluding NO2 is 1. The maximum absolute atomic E-state index is 11.4. The summed E-state index contributed by atoms with van der Waals surface area (Å²) in [5.74, 6) is -0.747. The Morgan fingerprint density at radius 2 is 2.00 bits per heavy atom. The molecule has 0 aliphatic rings. The molecule has 0 bridgehead atoms. The van der Waals surface area contributed by atoms with Crippen LogP contribution in [0.2, 0.25) is 0 Å². The first-order valence-electron chi connectivity index (χ1n) is 6.01. The van der Waals surface area contributed by atoms with Crippen LogP contribution in [0.3, 0.4) is 0 Å². The van der Waals surface area contributed by atoms with Crippen molar-refractivity contribution in [1.82, 2.24) is 4.98 Å². The van der Waals surface area contributed by atoms with Crippen LogP contribution < -0.4 is 0 Å². The zero-order chi connectivity index (χ0) is 14.4. The number of carbonyl (C=O) groups excluding carboxylic acids is 1. The Labute approximate surface area is 112 Å². The van der Waals surface area contributed by atoms with Crippen LogP contribution >= 0.6 is 0 Å². The molecule has 0 N–H and O–H groups in total. The van der Waals surface area contributed by atoms with Crippen LogP contribution in [0.4, 0.5) is 0 Å². The van der Waals surface area contributed by atoms with E-state index in [1.165, 1.54) is 0 Å². The summed E-state index contributed by atoms with van der Waals surface area (Å²) in [5, 5.41) is 2.44. The second kappa shape index (κ2) is 6.68. The SMILES string of the molecule is CC(=N/C(=C(\C)C(=O)N=O)C(C)C)c1cccnc1. The van der Waals surface area contributed by atoms with E-state index in [1.54, 1.807) is 19.3 Å². The van der Waals surface area contributed by atoms with E-state index in [1.807, 2.05) is 32.9 Å². The number of pyridine rings is 1. The first-order chi connectivity index (χ1) is 8.97. The van der Waals surface area contributed by atoms with E-state index < -0.39 is 5.91 Å². The second-order valence-electron chi connectivity index (χ2n) is 4.50. The molecule has 5 nitrogen and oxygen atoms in total. The molecule has 0 fully saturated rings. The van der Waals surface area contributed by atoms with Gasteiger partial charge in [0, 0.05) is 34.4 Å². The molecule has 100 valence electrons. The number of nitrogens with zero attached hydrogens (tertiary/aromatic N) is 3. The third kappa shape index (κ3) is 3.91. The van der Waals surface area contributed by atoms with Crippen molar-refractivity contribution in [2.24, 2.45) is 16.1 Å². The van der Waals surface area contributed by atoms with Gasteiger partial charge in [-0.25, -0.2) is 0 Å². The Morgan fingerprint density at radius 3 is 2.47 bits per heavy atom. The standard InChI is InChI=1S/C14H17N3O2/c1-9(2)13(10(3)14(18)17-19)16-11(4)12-6-5-7-15-8-12/h5-9H,1-4H3/b13-10+,16-11?. The molecule has 0 saturated carbocycles. The molecule has 5 heteroatoms. The largest absolute Gasteiger partial charge is 0.314 e. The molecule has 1 aromatic rings. The smallest absolute Gasteiger partial charge is 0.264 e. The third-order valence-corrected chi connectivity index (χ3v) is 2.70. The number of rotatable bonds is 4. The summed E-state index contributed by atoms with van der Waals surface area (Å²) < 4.78 is 0. The van der Waals surface area contributed by atoms with Crippen LogP contribution in [0.25, 0.3) is 0 Å². The van der Waals surface area contributed by atoms with Gasteiger partial charge in [0.2, 0.25) is 0 Å². The highest BCUT2D eigenvalue weighted by atomic mass is 16.3. The molecule has 0 unspecified atom stereocenters. The number of allylic oxidation sites excluding steroid dienone is 1. The van der Waals surface area contributed by atoms with E-state index in [2.05, 4.69) is 15.2 Å². The molecule has 0 saturated heterocycles. The highest BCUT2D eigenvalue weighted by Crippen LogP contribution is 2.19. The van der Waals surface area contributed by atoms with Gasteiger partial charge in [0.1, 0.15) is 0 Å². The monoisotopic (exact) mass is 259 g/mol. The van der Waals surface area contributed by atoms with Crippen molar-refractivity contribution in [1.29, 1.82) is 0 Å². The van der Waals surface area contributed by atoms with Gasteiger partial charge in [0.05, 0.1) is 5.70 Å². The van der Waals surface area contributed by atoms with Gasteiger partial charge < -0.3 is 0 Å². The molecule has 0 atom stereocenters. The van der Waals surface area contributed by atoms with Crippen LogP contribution in [0, 0.1) is 10.8 Å². The van der Waals surface area contributed by atoms with Crippen molar-refractivity contribution >= 4 is 11.6 Å². The fourth-order valence-electron chi connectivity index (χ4n) is 1.65. The van der Waals surface area contributed by atoms with Crippen molar-refractivity contribution in [3.63, 3.8) is 0 Å². The summed E-state index contributed by atoms with van der Waals surface area (Å²) in [6.45, 7) is 7.23. The minimum absolute atomic E-state index is 0.0253. The molecule has 0 aliphatic heterocycles. The molecule has 1 rings (SSSR count). The van der Waals surface area contributed by atoms with E-state index in [0.29, 0.717) is 5.70 Å². The Morgan fingerprint density at radius 1 is 1.32 bits per heavy atom. The zero-order valence-corrected chi connectivity index (χ0v) is 11.5. The van der Waals surface area contributed by atoms with E-state index in [-0.39, 0.29) is 11.5 Å². The van der Waals surface area contributed by atoms with Gasteiger partial charge in [-0.1, -0.05) is 19.9 Å². The van der Waals surface area contributed by atoms with Gasteiger partial charge >= 0.3 is 5.91 Å². The van der Waals surface area contributed by atoms with Crippen molar-refractivity contribution in [3.8, 4) is 0 Å². The summed E-state index contributed by atoms with van der Waals surface area (Å²) in [6.07, 6.45) is 3.38. The summed E-state index contributed by atoms with van der Waals surface area (Å²) in [4.78, 5) is 30.2. The lowest BCUT2D eigenvalue weighted by Gasteiger charge is -2.10. The highest BCUT2D eigenvalue weighted by molar-refractivity contribution is 6.00. The van der Waals surface area contributed by atoms with Crippen LogP contribution in [-0.2, 0) is 4.79 Å². The normalized spacial score (nSPS) is 13.2. The van der Waals surface area contributed by atoms with Crippen LogP contribution in [-0.4, -0.2) is 16.6 Å². The average molecular weight is 259 g/mol. The van der Waals surface area contributed by atoms with Gasteiger partial charge in [0.25, 0.3) is 0 Å².